The maximum absolute atomic E-state index is 15.9. The molecule has 3 aromatic rings. The van der Waals surface area contributed by atoms with E-state index in [4.69, 9.17) is 14.7 Å². The van der Waals surface area contributed by atoms with E-state index in [1.807, 2.05) is 6.07 Å². The number of piperazine rings is 1. The molecule has 0 radical (unpaired) electrons. The van der Waals surface area contributed by atoms with Crippen LogP contribution in [0.1, 0.15) is 37.1 Å². The highest BCUT2D eigenvalue weighted by Gasteiger charge is 2.26. The predicted octanol–water partition coefficient (Wildman–Crippen LogP) is 4.11. The van der Waals surface area contributed by atoms with E-state index in [0.29, 0.717) is 43.5 Å². The van der Waals surface area contributed by atoms with Crippen LogP contribution in [-0.2, 0) is 14.8 Å². The van der Waals surface area contributed by atoms with Gasteiger partial charge in [0, 0.05) is 70.2 Å². The number of hydrogen-bond acceptors (Lipinski definition) is 10. The van der Waals surface area contributed by atoms with Crippen LogP contribution in [0.2, 0.25) is 0 Å². The van der Waals surface area contributed by atoms with Gasteiger partial charge in [0.05, 0.1) is 32.7 Å². The minimum atomic E-state index is -3.66. The lowest BCUT2D eigenvalue weighted by molar-refractivity contribution is 0.0853. The monoisotopic (exact) mass is 603 g/mol. The number of likely N-dealkylation sites (N-methyl/N-ethyl adjacent to an activating group) is 1. The van der Waals surface area contributed by atoms with Gasteiger partial charge >= 0.3 is 0 Å². The third kappa shape index (κ3) is 7.58. The number of rotatable bonds is 11. The fourth-order valence-corrected chi connectivity index (χ4v) is 7.41. The third-order valence-corrected chi connectivity index (χ3v) is 10.1. The highest BCUT2D eigenvalue weighted by Crippen LogP contribution is 2.42. The van der Waals surface area contributed by atoms with Gasteiger partial charge in [0.1, 0.15) is 0 Å². The maximum Gasteiger partial charge on any atom is 0.232 e. The van der Waals surface area contributed by atoms with E-state index < -0.39 is 15.8 Å². The molecule has 0 amide bonds. The Morgan fingerprint density at radius 3 is 2.66 bits per heavy atom. The van der Waals surface area contributed by atoms with E-state index in [1.54, 1.807) is 25.3 Å². The van der Waals surface area contributed by atoms with E-state index in [-0.39, 0.29) is 22.9 Å². The summed E-state index contributed by atoms with van der Waals surface area (Å²) >= 11 is 1.50. The highest BCUT2D eigenvalue weighted by atomic mass is 32.2. The van der Waals surface area contributed by atoms with Gasteiger partial charge in [-0.15, -0.1) is 11.3 Å². The van der Waals surface area contributed by atoms with Crippen molar-refractivity contribution in [1.82, 2.24) is 24.8 Å². The number of nitrogens with zero attached hydrogens (tertiary/aromatic N) is 5. The molecule has 2 aliphatic heterocycles. The molecule has 0 unspecified atom stereocenters. The molecule has 0 spiro atoms. The van der Waals surface area contributed by atoms with E-state index >= 15 is 4.39 Å². The number of halogens is 1. The molecule has 2 saturated heterocycles. The SMILES string of the molecule is CCCS(=O)(=O)Nc1cccc(-c2nc(C3CCOCC3)sc2-c2ccnc(NCCN3CCN(C)CC3)n2)c1F. The first kappa shape index (κ1) is 29.8. The van der Waals surface area contributed by atoms with Crippen molar-refractivity contribution >= 4 is 33.0 Å². The zero-order valence-corrected chi connectivity index (χ0v) is 25.2. The number of benzene rings is 1. The summed E-state index contributed by atoms with van der Waals surface area (Å²) in [5, 5.41) is 4.24. The summed E-state index contributed by atoms with van der Waals surface area (Å²) in [6.45, 7) is 8.90. The van der Waals surface area contributed by atoms with Crippen LogP contribution in [0.15, 0.2) is 30.5 Å². The maximum atomic E-state index is 15.9. The normalized spacial score (nSPS) is 17.5. The second-order valence-corrected chi connectivity index (χ2v) is 13.4. The first-order valence-corrected chi connectivity index (χ1v) is 16.7. The number of sulfonamides is 1. The Hall–Kier alpha value is -2.71. The molecule has 5 rings (SSSR count). The highest BCUT2D eigenvalue weighted by molar-refractivity contribution is 7.92. The van der Waals surface area contributed by atoms with Crippen LogP contribution in [0.5, 0.6) is 0 Å². The van der Waals surface area contributed by atoms with Crippen LogP contribution >= 0.6 is 11.3 Å². The van der Waals surface area contributed by atoms with Crippen molar-refractivity contribution in [2.24, 2.45) is 0 Å². The number of anilines is 2. The van der Waals surface area contributed by atoms with E-state index in [1.165, 1.54) is 17.4 Å². The Kier molecular flexibility index (Phi) is 9.81. The van der Waals surface area contributed by atoms with Gasteiger partial charge in [-0.2, -0.15) is 0 Å². The van der Waals surface area contributed by atoms with E-state index in [0.717, 1.165) is 55.5 Å². The van der Waals surface area contributed by atoms with Crippen molar-refractivity contribution in [3.63, 3.8) is 0 Å². The molecule has 41 heavy (non-hydrogen) atoms. The minimum absolute atomic E-state index is 0.0853. The Morgan fingerprint density at radius 1 is 1.12 bits per heavy atom. The summed E-state index contributed by atoms with van der Waals surface area (Å²) in [4.78, 5) is 19.6. The molecule has 2 fully saturated rings. The summed E-state index contributed by atoms with van der Waals surface area (Å²) in [6, 6.07) is 6.52. The summed E-state index contributed by atoms with van der Waals surface area (Å²) in [6.07, 6.45) is 3.81. The largest absolute Gasteiger partial charge is 0.381 e. The number of aromatic nitrogens is 3. The molecule has 4 heterocycles. The van der Waals surface area contributed by atoms with Crippen molar-refractivity contribution in [2.75, 3.05) is 75.3 Å². The fraction of sp³-hybridized carbons (Fsp3) is 0.536. The van der Waals surface area contributed by atoms with Crippen LogP contribution < -0.4 is 10.0 Å². The molecule has 10 nitrogen and oxygen atoms in total. The van der Waals surface area contributed by atoms with Crippen LogP contribution in [0, 0.1) is 5.82 Å². The minimum Gasteiger partial charge on any atom is -0.381 e. The molecule has 0 atom stereocenters. The average molecular weight is 604 g/mol. The van der Waals surface area contributed by atoms with Gasteiger partial charge in [0.25, 0.3) is 0 Å². The molecule has 13 heteroatoms. The number of thiazole rings is 1. The molecular weight excluding hydrogens is 565 g/mol. The van der Waals surface area contributed by atoms with Gasteiger partial charge in [-0.05, 0) is 44.5 Å². The molecule has 0 saturated carbocycles. The number of ether oxygens (including phenoxy) is 1. The Labute approximate surface area is 245 Å². The molecule has 1 aromatic carbocycles. The molecule has 0 aliphatic carbocycles. The van der Waals surface area contributed by atoms with Crippen LogP contribution in [0.25, 0.3) is 21.8 Å². The van der Waals surface area contributed by atoms with Crippen LogP contribution in [0.3, 0.4) is 0 Å². The standard InChI is InChI=1S/C28H38FN7O3S2/c1-3-19-41(37,38)34-22-6-4-5-21(24(22)29)25-26(40-27(33-25)20-8-17-39-18-9-20)23-7-10-30-28(32-23)31-11-12-36-15-13-35(2)14-16-36/h4-7,10,20,34H,3,8-9,11-19H2,1-2H3,(H,30,31,32). The summed E-state index contributed by atoms with van der Waals surface area (Å²) in [5.74, 6) is -0.0292. The Morgan fingerprint density at radius 2 is 1.90 bits per heavy atom. The lowest BCUT2D eigenvalue weighted by Gasteiger charge is -2.32. The summed E-state index contributed by atoms with van der Waals surface area (Å²) < 4.78 is 48.7. The molecule has 222 valence electrons. The quantitative estimate of drug-likeness (QED) is 0.334. The predicted molar refractivity (Wildman–Crippen MR) is 161 cm³/mol. The lowest BCUT2D eigenvalue weighted by atomic mass is 10.0. The first-order chi connectivity index (χ1) is 19.8. The zero-order valence-electron chi connectivity index (χ0n) is 23.6. The third-order valence-electron chi connectivity index (χ3n) is 7.40. The molecule has 2 aromatic heterocycles. The van der Waals surface area contributed by atoms with Gasteiger partial charge in [-0.3, -0.25) is 9.62 Å². The van der Waals surface area contributed by atoms with Gasteiger partial charge in [0.2, 0.25) is 16.0 Å². The molecule has 0 bridgehead atoms. The number of hydrogen-bond donors (Lipinski definition) is 2. The second-order valence-electron chi connectivity index (χ2n) is 10.5. The van der Waals surface area contributed by atoms with E-state index in [9.17, 15) is 8.42 Å². The average Bonchev–Trinajstić information content (AvgIpc) is 3.41. The molecule has 2 N–H and O–H groups in total. The number of nitrogens with one attached hydrogen (secondary N) is 2. The smallest absolute Gasteiger partial charge is 0.232 e. The second kappa shape index (κ2) is 13.5. The summed E-state index contributed by atoms with van der Waals surface area (Å²) in [7, 11) is -1.52. The van der Waals surface area contributed by atoms with Crippen molar-refractivity contribution in [3.8, 4) is 21.8 Å². The van der Waals surface area contributed by atoms with Crippen LogP contribution in [-0.4, -0.2) is 98.5 Å². The van der Waals surface area contributed by atoms with Crippen molar-refractivity contribution < 1.29 is 17.5 Å². The van der Waals surface area contributed by atoms with Crippen molar-refractivity contribution in [3.05, 3.63) is 41.3 Å². The summed E-state index contributed by atoms with van der Waals surface area (Å²) in [5.41, 5.74) is 1.24. The Bertz CT molecular complexity index is 1420. The fourth-order valence-electron chi connectivity index (χ4n) is 5.06. The van der Waals surface area contributed by atoms with E-state index in [2.05, 4.69) is 31.9 Å². The van der Waals surface area contributed by atoms with Crippen molar-refractivity contribution in [2.45, 2.75) is 32.1 Å². The van der Waals surface area contributed by atoms with Gasteiger partial charge in [-0.25, -0.2) is 27.8 Å². The Balaban J connectivity index is 1.44. The molecule has 2 aliphatic rings. The molecular formula is C28H38FN7O3S2. The van der Waals surface area contributed by atoms with Gasteiger partial charge in [0.15, 0.2) is 5.82 Å². The van der Waals surface area contributed by atoms with Gasteiger partial charge in [-0.1, -0.05) is 13.0 Å². The van der Waals surface area contributed by atoms with Gasteiger partial charge < -0.3 is 15.0 Å². The first-order valence-electron chi connectivity index (χ1n) is 14.2. The zero-order chi connectivity index (χ0) is 28.8. The van der Waals surface area contributed by atoms with Crippen molar-refractivity contribution in [1.29, 1.82) is 0 Å². The topological polar surface area (TPSA) is 113 Å². The lowest BCUT2D eigenvalue weighted by Crippen LogP contribution is -2.45. The van der Waals surface area contributed by atoms with Crippen LogP contribution in [0.4, 0.5) is 16.0 Å².